The monoisotopic (exact) mass is 215 g/mol. The lowest BCUT2D eigenvalue weighted by molar-refractivity contribution is 0.366. The summed E-state index contributed by atoms with van der Waals surface area (Å²) in [4.78, 5) is 0. The summed E-state index contributed by atoms with van der Waals surface area (Å²) in [5.41, 5.74) is 0. The first-order valence-corrected chi connectivity index (χ1v) is 6.49. The average molecular weight is 215 g/mol. The Balaban J connectivity index is 0.000000217. The van der Waals surface area contributed by atoms with Crippen molar-refractivity contribution >= 4 is 21.5 Å². The fraction of sp³-hybridized carbons (Fsp3) is 1.00. The zero-order chi connectivity index (χ0) is 9.61. The maximum absolute atomic E-state index is 8.63. The normalized spacial score (nSPS) is 19.6. The molecule has 7 heteroatoms. The van der Waals surface area contributed by atoms with Gasteiger partial charge in [0, 0.05) is 0 Å². The lowest BCUT2D eigenvalue weighted by atomic mass is 10.3. The zero-order valence-electron chi connectivity index (χ0n) is 6.60. The number of hydrogen-bond acceptors (Lipinski definition) is 4. The van der Waals surface area contributed by atoms with E-state index in [0.29, 0.717) is 11.1 Å². The van der Waals surface area contributed by atoms with Gasteiger partial charge in [0.25, 0.3) is 0 Å². The Morgan fingerprint density at radius 3 is 1.75 bits per heavy atom. The fourth-order valence-electron chi connectivity index (χ4n) is 0.854. The number of nitrogens with two attached hydrogens (primary N) is 1. The quantitative estimate of drug-likeness (QED) is 0.327. The second-order valence-electron chi connectivity index (χ2n) is 2.43. The van der Waals surface area contributed by atoms with Gasteiger partial charge in [-0.3, -0.25) is 4.55 Å². The molecule has 1 aliphatic rings. The van der Waals surface area contributed by atoms with E-state index in [2.05, 4.69) is 0 Å². The molecule has 0 spiro atoms. The Morgan fingerprint density at radius 2 is 1.58 bits per heavy atom. The van der Waals surface area contributed by atoms with Gasteiger partial charge in [0.05, 0.1) is 11.1 Å². The van der Waals surface area contributed by atoms with Crippen molar-refractivity contribution in [3.8, 4) is 0 Å². The maximum Gasteiger partial charge on any atom is 0.215 e. The van der Waals surface area contributed by atoms with E-state index in [-0.39, 0.29) is 0 Å². The van der Waals surface area contributed by atoms with Crippen molar-refractivity contribution < 1.29 is 17.5 Å². The van der Waals surface area contributed by atoms with Crippen LogP contribution >= 0.6 is 0 Å². The Kier molecular flexibility index (Phi) is 5.85. The number of rotatable bonds is 0. The van der Waals surface area contributed by atoms with E-state index >= 15 is 0 Å². The molecule has 0 saturated carbocycles. The SMILES string of the molecule is N[S+]1CCCCC1.O=S(=O)([O-])O. The predicted octanol–water partition coefficient (Wildman–Crippen LogP) is -0.333. The van der Waals surface area contributed by atoms with Gasteiger partial charge in [-0.05, 0) is 19.3 Å². The lowest BCUT2D eigenvalue weighted by Crippen LogP contribution is -2.25. The maximum atomic E-state index is 8.63. The van der Waals surface area contributed by atoms with Crippen LogP contribution in [-0.4, -0.2) is 29.0 Å². The number of hydrogen-bond donors (Lipinski definition) is 2. The van der Waals surface area contributed by atoms with Crippen LogP contribution in [0.5, 0.6) is 0 Å². The van der Waals surface area contributed by atoms with Crippen LogP contribution < -0.4 is 5.14 Å². The molecule has 0 amide bonds. The third-order valence-electron chi connectivity index (χ3n) is 1.31. The fourth-order valence-corrected chi connectivity index (χ4v) is 2.21. The van der Waals surface area contributed by atoms with Gasteiger partial charge in [0.2, 0.25) is 10.4 Å². The van der Waals surface area contributed by atoms with Crippen molar-refractivity contribution in [1.82, 2.24) is 0 Å². The first kappa shape index (κ1) is 12.2. The highest BCUT2D eigenvalue weighted by Crippen LogP contribution is 2.07. The van der Waals surface area contributed by atoms with Crippen LogP contribution in [-0.2, 0) is 21.5 Å². The molecule has 1 fully saturated rings. The van der Waals surface area contributed by atoms with E-state index in [1.165, 1.54) is 30.8 Å². The summed E-state index contributed by atoms with van der Waals surface area (Å²) in [6, 6.07) is 0. The van der Waals surface area contributed by atoms with Crippen molar-refractivity contribution in [1.29, 1.82) is 0 Å². The van der Waals surface area contributed by atoms with Gasteiger partial charge < -0.3 is 4.55 Å². The highest BCUT2D eigenvalue weighted by Gasteiger charge is 2.15. The molecule has 0 aromatic rings. The molecule has 1 rings (SSSR count). The minimum absolute atomic E-state index is 0.310. The summed E-state index contributed by atoms with van der Waals surface area (Å²) in [7, 11) is -4.92. The van der Waals surface area contributed by atoms with Crippen LogP contribution in [0.2, 0.25) is 0 Å². The molecule has 5 nitrogen and oxygen atoms in total. The van der Waals surface area contributed by atoms with Crippen LogP contribution in [0.3, 0.4) is 0 Å². The standard InChI is InChI=1S/C5H12NS.H2O4S/c6-7-4-2-1-3-5-7;1-5(2,3)4/h1-6H2;(H2,1,2,3,4)/q+1;/p-1. The molecule has 0 radical (unpaired) electrons. The van der Waals surface area contributed by atoms with Gasteiger partial charge in [-0.2, -0.15) is 5.14 Å². The molecule has 74 valence electrons. The van der Waals surface area contributed by atoms with E-state index in [1.807, 2.05) is 0 Å². The summed E-state index contributed by atoms with van der Waals surface area (Å²) in [6.45, 7) is 0. The molecule has 1 heterocycles. The van der Waals surface area contributed by atoms with E-state index in [4.69, 9.17) is 22.7 Å². The molecular weight excluding hydrogens is 202 g/mol. The van der Waals surface area contributed by atoms with E-state index < -0.39 is 10.4 Å². The molecule has 0 aliphatic carbocycles. The lowest BCUT2D eigenvalue weighted by Gasteiger charge is -2.06. The predicted molar refractivity (Wildman–Crippen MR) is 47.5 cm³/mol. The van der Waals surface area contributed by atoms with Crippen LogP contribution in [0.1, 0.15) is 19.3 Å². The van der Waals surface area contributed by atoms with E-state index in [1.54, 1.807) is 0 Å². The van der Waals surface area contributed by atoms with Crippen molar-refractivity contribution in [2.75, 3.05) is 11.5 Å². The van der Waals surface area contributed by atoms with Crippen LogP contribution in [0.25, 0.3) is 0 Å². The van der Waals surface area contributed by atoms with Crippen LogP contribution in [0.15, 0.2) is 0 Å². The zero-order valence-corrected chi connectivity index (χ0v) is 8.23. The van der Waals surface area contributed by atoms with Gasteiger partial charge in [-0.15, -0.1) is 0 Å². The smallest absolute Gasteiger partial charge is 0.215 e. The topological polar surface area (TPSA) is 103 Å². The highest BCUT2D eigenvalue weighted by molar-refractivity contribution is 7.94. The molecule has 0 aromatic heterocycles. The summed E-state index contributed by atoms with van der Waals surface area (Å²) in [5.74, 6) is 2.58. The third kappa shape index (κ3) is 12.8. The van der Waals surface area contributed by atoms with Crippen molar-refractivity contribution in [2.24, 2.45) is 5.14 Å². The molecule has 0 atom stereocenters. The Labute approximate surface area is 75.4 Å². The van der Waals surface area contributed by atoms with Crippen LogP contribution in [0, 0.1) is 0 Å². The molecule has 3 N–H and O–H groups in total. The Morgan fingerprint density at radius 1 is 1.25 bits per heavy atom. The van der Waals surface area contributed by atoms with Gasteiger partial charge in [0.15, 0.2) is 0 Å². The first-order chi connectivity index (χ1) is 5.39. The molecule has 0 aromatic carbocycles. The summed E-state index contributed by atoms with van der Waals surface area (Å²) in [5, 5.41) is 5.66. The van der Waals surface area contributed by atoms with Gasteiger partial charge in [-0.1, -0.05) is 0 Å². The summed E-state index contributed by atoms with van der Waals surface area (Å²) >= 11 is 0.310. The average Bonchev–Trinajstić information content (AvgIpc) is 1.85. The molecular formula is C5H13NO4S2. The largest absolute Gasteiger partial charge is 0.726 e. The molecule has 0 bridgehead atoms. The highest BCUT2D eigenvalue weighted by atomic mass is 32.3. The van der Waals surface area contributed by atoms with Gasteiger partial charge in [-0.25, -0.2) is 8.42 Å². The van der Waals surface area contributed by atoms with Crippen LogP contribution in [0.4, 0.5) is 0 Å². The molecule has 0 unspecified atom stereocenters. The second kappa shape index (κ2) is 5.76. The van der Waals surface area contributed by atoms with Crippen molar-refractivity contribution in [2.45, 2.75) is 19.3 Å². The Bertz CT molecular complexity index is 189. The first-order valence-electron chi connectivity index (χ1n) is 3.50. The van der Waals surface area contributed by atoms with Gasteiger partial charge in [0.1, 0.15) is 11.5 Å². The summed E-state index contributed by atoms with van der Waals surface area (Å²) in [6.07, 6.45) is 4.17. The van der Waals surface area contributed by atoms with Gasteiger partial charge >= 0.3 is 0 Å². The third-order valence-corrected chi connectivity index (χ3v) is 2.94. The van der Waals surface area contributed by atoms with Crippen molar-refractivity contribution in [3.63, 3.8) is 0 Å². The Hall–Kier alpha value is 0.180. The van der Waals surface area contributed by atoms with Crippen molar-refractivity contribution in [3.05, 3.63) is 0 Å². The van der Waals surface area contributed by atoms with E-state index in [0.717, 1.165) is 0 Å². The molecule has 1 aliphatic heterocycles. The molecule has 1 saturated heterocycles. The summed E-state index contributed by atoms with van der Waals surface area (Å²) < 4.78 is 32.8. The minimum atomic E-state index is -4.92. The van der Waals surface area contributed by atoms with E-state index in [9.17, 15) is 0 Å². The second-order valence-corrected chi connectivity index (χ2v) is 5.18. The minimum Gasteiger partial charge on any atom is -0.726 e. The molecule has 12 heavy (non-hydrogen) atoms.